The van der Waals surface area contributed by atoms with Crippen molar-refractivity contribution in [1.29, 1.82) is 0 Å². The Morgan fingerprint density at radius 1 is 1.06 bits per heavy atom. The van der Waals surface area contributed by atoms with Gasteiger partial charge < -0.3 is 10.6 Å². The van der Waals surface area contributed by atoms with Gasteiger partial charge in [0.2, 0.25) is 21.8 Å². The number of benzene rings is 1. The van der Waals surface area contributed by atoms with Crippen molar-refractivity contribution in [3.05, 3.63) is 28.2 Å². The monoisotopic (exact) mass is 547 g/mol. The summed E-state index contributed by atoms with van der Waals surface area (Å²) in [6.45, 7) is 4.65. The van der Waals surface area contributed by atoms with Crippen molar-refractivity contribution in [2.75, 3.05) is 13.1 Å². The zero-order valence-electron chi connectivity index (χ0n) is 20.7. The molecule has 1 aromatic rings. The number of halogens is 2. The van der Waals surface area contributed by atoms with Crippen LogP contribution >= 0.6 is 23.2 Å². The van der Waals surface area contributed by atoms with Gasteiger partial charge in [0.05, 0.1) is 5.02 Å². The Morgan fingerprint density at radius 3 is 2.40 bits per heavy atom. The minimum atomic E-state index is -3.74. The van der Waals surface area contributed by atoms with Gasteiger partial charge in [-0.3, -0.25) is 9.59 Å². The Kier molecular flexibility index (Phi) is 12.8. The Bertz CT molecular complexity index is 935. The van der Waals surface area contributed by atoms with Crippen LogP contribution in [0.4, 0.5) is 0 Å². The van der Waals surface area contributed by atoms with Crippen LogP contribution in [0.2, 0.25) is 10.0 Å². The van der Waals surface area contributed by atoms with Gasteiger partial charge in [-0.25, -0.2) is 13.1 Å². The number of amides is 2. The lowest BCUT2D eigenvalue weighted by molar-refractivity contribution is -0.129. The van der Waals surface area contributed by atoms with E-state index in [2.05, 4.69) is 15.4 Å². The molecule has 7 nitrogen and oxygen atoms in total. The second kappa shape index (κ2) is 15.0. The van der Waals surface area contributed by atoms with Crippen LogP contribution in [0.15, 0.2) is 23.1 Å². The summed E-state index contributed by atoms with van der Waals surface area (Å²) < 4.78 is 27.3. The van der Waals surface area contributed by atoms with Gasteiger partial charge in [0, 0.05) is 24.5 Å². The van der Waals surface area contributed by atoms with Gasteiger partial charge in [0.25, 0.3) is 0 Å². The molecule has 0 spiro atoms. The number of unbranched alkanes of at least 4 members (excludes halogenated alkanes) is 1. The first-order chi connectivity index (χ1) is 16.6. The smallest absolute Gasteiger partial charge is 0.242 e. The zero-order valence-corrected chi connectivity index (χ0v) is 23.1. The molecule has 0 bridgehead atoms. The molecule has 0 saturated heterocycles. The molecule has 1 aliphatic carbocycles. The highest BCUT2D eigenvalue weighted by molar-refractivity contribution is 7.89. The second-order valence-corrected chi connectivity index (χ2v) is 12.3. The lowest BCUT2D eigenvalue weighted by atomic mass is 9.86. The van der Waals surface area contributed by atoms with Crippen molar-refractivity contribution in [2.24, 2.45) is 11.8 Å². The fourth-order valence-electron chi connectivity index (χ4n) is 4.34. The van der Waals surface area contributed by atoms with Crippen molar-refractivity contribution in [3.63, 3.8) is 0 Å². The van der Waals surface area contributed by atoms with Crippen molar-refractivity contribution < 1.29 is 18.0 Å². The van der Waals surface area contributed by atoms with E-state index in [1.54, 1.807) is 0 Å². The van der Waals surface area contributed by atoms with E-state index in [-0.39, 0.29) is 34.2 Å². The van der Waals surface area contributed by atoms with Crippen LogP contribution in [0.25, 0.3) is 0 Å². The molecule has 1 aliphatic rings. The number of carbonyl (C=O) groups is 2. The van der Waals surface area contributed by atoms with Gasteiger partial charge in [-0.2, -0.15) is 0 Å². The molecular formula is C25H39Cl2N3O4S. The molecule has 0 unspecified atom stereocenters. The summed E-state index contributed by atoms with van der Waals surface area (Å²) in [5, 5.41) is 6.23. The average molecular weight is 549 g/mol. The van der Waals surface area contributed by atoms with Crippen LogP contribution in [0.5, 0.6) is 0 Å². The fourth-order valence-corrected chi connectivity index (χ4v) is 6.19. The highest BCUT2D eigenvalue weighted by atomic mass is 35.5. The molecule has 198 valence electrons. The van der Waals surface area contributed by atoms with Crippen molar-refractivity contribution >= 4 is 45.0 Å². The maximum absolute atomic E-state index is 12.7. The third kappa shape index (κ3) is 11.1. The first kappa shape index (κ1) is 29.9. The standard InChI is InChI=1S/C25H39Cl2N3O4S/c1-18(2)16-22(30-24(31)13-10-19-8-4-3-5-9-19)25(32)28-14-6-7-15-29-35(33,34)23-12-11-20(26)17-21(23)27/h11-12,17-19,22,29H,3-10,13-16H2,1-2H3,(H,28,32)(H,30,31)/t22-/m0/s1. The predicted molar refractivity (Wildman–Crippen MR) is 141 cm³/mol. The van der Waals surface area contributed by atoms with E-state index in [1.807, 2.05) is 13.8 Å². The maximum atomic E-state index is 12.7. The SMILES string of the molecule is CC(C)C[C@H](NC(=O)CCC1CCCCC1)C(=O)NCCCCNS(=O)(=O)c1ccc(Cl)cc1Cl. The van der Waals surface area contributed by atoms with Crippen LogP contribution in [0.1, 0.15) is 78.1 Å². The first-order valence-corrected chi connectivity index (χ1v) is 14.8. The Balaban J connectivity index is 1.71. The summed E-state index contributed by atoms with van der Waals surface area (Å²) in [6.07, 6.45) is 9.24. The minimum absolute atomic E-state index is 0.0207. The Hall–Kier alpha value is -1.35. The van der Waals surface area contributed by atoms with Crippen LogP contribution < -0.4 is 15.4 Å². The van der Waals surface area contributed by atoms with Crippen LogP contribution in [-0.2, 0) is 19.6 Å². The predicted octanol–water partition coefficient (Wildman–Crippen LogP) is 5.06. The fraction of sp³-hybridized carbons (Fsp3) is 0.680. The largest absolute Gasteiger partial charge is 0.354 e. The highest BCUT2D eigenvalue weighted by Crippen LogP contribution is 2.27. The molecule has 3 N–H and O–H groups in total. The van der Waals surface area contributed by atoms with E-state index in [4.69, 9.17) is 23.2 Å². The quantitative estimate of drug-likeness (QED) is 0.283. The number of hydrogen-bond acceptors (Lipinski definition) is 4. The molecule has 2 rings (SSSR count). The molecule has 1 fully saturated rings. The number of sulfonamides is 1. The van der Waals surface area contributed by atoms with E-state index in [0.717, 1.165) is 6.42 Å². The molecule has 1 atom stereocenters. The summed E-state index contributed by atoms with van der Waals surface area (Å²) in [7, 11) is -3.74. The first-order valence-electron chi connectivity index (χ1n) is 12.6. The third-order valence-electron chi connectivity index (χ3n) is 6.24. The molecule has 0 radical (unpaired) electrons. The molecule has 0 aromatic heterocycles. The van der Waals surface area contributed by atoms with Gasteiger partial charge in [-0.15, -0.1) is 0 Å². The zero-order chi connectivity index (χ0) is 25.8. The molecular weight excluding hydrogens is 509 g/mol. The van der Waals surface area contributed by atoms with Gasteiger partial charge in [-0.05, 0) is 55.7 Å². The Labute approximate surface area is 220 Å². The molecule has 1 saturated carbocycles. The average Bonchev–Trinajstić information content (AvgIpc) is 2.79. The van der Waals surface area contributed by atoms with Crippen molar-refractivity contribution in [2.45, 2.75) is 89.0 Å². The van der Waals surface area contributed by atoms with Crippen LogP contribution in [0.3, 0.4) is 0 Å². The third-order valence-corrected chi connectivity index (χ3v) is 8.42. The molecule has 1 aromatic carbocycles. The number of carbonyl (C=O) groups excluding carboxylic acids is 2. The summed E-state index contributed by atoms with van der Waals surface area (Å²) in [5.41, 5.74) is 0. The van der Waals surface area contributed by atoms with Crippen LogP contribution in [0, 0.1) is 11.8 Å². The number of rotatable bonds is 14. The maximum Gasteiger partial charge on any atom is 0.242 e. The topological polar surface area (TPSA) is 104 Å². The van der Waals surface area contributed by atoms with Crippen molar-refractivity contribution in [1.82, 2.24) is 15.4 Å². The van der Waals surface area contributed by atoms with E-state index in [0.29, 0.717) is 43.2 Å². The minimum Gasteiger partial charge on any atom is -0.354 e. The van der Waals surface area contributed by atoms with Gasteiger partial charge in [-0.1, -0.05) is 69.2 Å². The van der Waals surface area contributed by atoms with E-state index >= 15 is 0 Å². The van der Waals surface area contributed by atoms with Gasteiger partial charge >= 0.3 is 0 Å². The molecule has 10 heteroatoms. The molecule has 2 amide bonds. The number of hydrogen-bond donors (Lipinski definition) is 3. The van der Waals surface area contributed by atoms with Crippen molar-refractivity contribution in [3.8, 4) is 0 Å². The lowest BCUT2D eigenvalue weighted by Crippen LogP contribution is -2.47. The summed E-state index contributed by atoms with van der Waals surface area (Å²) in [5.74, 6) is 0.628. The molecule has 35 heavy (non-hydrogen) atoms. The normalized spacial score (nSPS) is 15.7. The van der Waals surface area contributed by atoms with Crippen LogP contribution in [-0.4, -0.2) is 39.4 Å². The highest BCUT2D eigenvalue weighted by Gasteiger charge is 2.23. The van der Waals surface area contributed by atoms with Gasteiger partial charge in [0.15, 0.2) is 0 Å². The van der Waals surface area contributed by atoms with E-state index in [1.165, 1.54) is 50.3 Å². The summed E-state index contributed by atoms with van der Waals surface area (Å²) in [4.78, 5) is 25.2. The van der Waals surface area contributed by atoms with E-state index < -0.39 is 16.1 Å². The molecule has 0 aliphatic heterocycles. The van der Waals surface area contributed by atoms with E-state index in [9.17, 15) is 18.0 Å². The number of nitrogens with one attached hydrogen (secondary N) is 3. The summed E-state index contributed by atoms with van der Waals surface area (Å²) in [6, 6.07) is 3.67. The lowest BCUT2D eigenvalue weighted by Gasteiger charge is -2.23. The molecule has 0 heterocycles. The second-order valence-electron chi connectivity index (χ2n) is 9.76. The Morgan fingerprint density at radius 2 is 1.74 bits per heavy atom. The summed E-state index contributed by atoms with van der Waals surface area (Å²) >= 11 is 11.8. The van der Waals surface area contributed by atoms with Gasteiger partial charge in [0.1, 0.15) is 10.9 Å².